The van der Waals surface area contributed by atoms with Crippen LogP contribution in [0.1, 0.15) is 48.9 Å². The second kappa shape index (κ2) is 8.66. The summed E-state index contributed by atoms with van der Waals surface area (Å²) in [6.07, 6.45) is 2.65. The van der Waals surface area contributed by atoms with Crippen LogP contribution in [0.5, 0.6) is 0 Å². The van der Waals surface area contributed by atoms with E-state index in [2.05, 4.69) is 20.6 Å². The maximum absolute atomic E-state index is 12.6. The van der Waals surface area contributed by atoms with E-state index in [-0.39, 0.29) is 17.4 Å². The van der Waals surface area contributed by atoms with Gasteiger partial charge in [0.15, 0.2) is 17.4 Å². The Kier molecular flexibility index (Phi) is 6.15. The van der Waals surface area contributed by atoms with Crippen molar-refractivity contribution in [2.45, 2.75) is 33.3 Å². The average molecular weight is 438 g/mol. The molecule has 3 aromatic rings. The Morgan fingerprint density at radius 1 is 0.906 bits per heavy atom. The highest BCUT2D eigenvalue weighted by molar-refractivity contribution is 6.02. The SMILES string of the molecule is CC(=O)c1nc(-c2ccc(NC(=O)c3nc(NC(=O)OC(C)(C)C)cn3C)cc2)cn1C. The summed E-state index contributed by atoms with van der Waals surface area (Å²) in [7, 11) is 3.42. The summed E-state index contributed by atoms with van der Waals surface area (Å²) in [5, 5.41) is 5.28. The van der Waals surface area contributed by atoms with E-state index >= 15 is 0 Å². The van der Waals surface area contributed by atoms with Crippen molar-refractivity contribution in [2.24, 2.45) is 14.1 Å². The maximum atomic E-state index is 12.6. The van der Waals surface area contributed by atoms with Gasteiger partial charge in [-0.3, -0.25) is 14.9 Å². The molecular weight excluding hydrogens is 412 g/mol. The third kappa shape index (κ3) is 5.39. The molecule has 0 unspecified atom stereocenters. The molecule has 2 N–H and O–H groups in total. The summed E-state index contributed by atoms with van der Waals surface area (Å²) < 4.78 is 8.38. The van der Waals surface area contributed by atoms with Gasteiger partial charge in [-0.15, -0.1) is 0 Å². The number of imidazole rings is 2. The number of aryl methyl sites for hydroxylation is 2. The number of amides is 2. The highest BCUT2D eigenvalue weighted by Crippen LogP contribution is 2.21. The minimum atomic E-state index is -0.652. The lowest BCUT2D eigenvalue weighted by Gasteiger charge is -2.18. The van der Waals surface area contributed by atoms with Crippen LogP contribution in [0.15, 0.2) is 36.7 Å². The quantitative estimate of drug-likeness (QED) is 0.587. The molecule has 10 nitrogen and oxygen atoms in total. The van der Waals surface area contributed by atoms with Gasteiger partial charge >= 0.3 is 6.09 Å². The van der Waals surface area contributed by atoms with Crippen LogP contribution in [0.25, 0.3) is 11.3 Å². The molecule has 0 fully saturated rings. The highest BCUT2D eigenvalue weighted by atomic mass is 16.6. The maximum Gasteiger partial charge on any atom is 0.413 e. The Bertz CT molecular complexity index is 1170. The van der Waals surface area contributed by atoms with E-state index in [0.29, 0.717) is 17.2 Å². The third-order valence-corrected chi connectivity index (χ3v) is 4.34. The number of hydrogen-bond acceptors (Lipinski definition) is 6. The lowest BCUT2D eigenvalue weighted by molar-refractivity contribution is 0.0634. The van der Waals surface area contributed by atoms with E-state index < -0.39 is 17.6 Å². The van der Waals surface area contributed by atoms with Gasteiger partial charge in [0.05, 0.1) is 5.69 Å². The van der Waals surface area contributed by atoms with Crippen molar-refractivity contribution >= 4 is 29.3 Å². The summed E-state index contributed by atoms with van der Waals surface area (Å²) in [6, 6.07) is 7.07. The fraction of sp³-hybridized carbons (Fsp3) is 0.318. The minimum Gasteiger partial charge on any atom is -0.444 e. The molecule has 0 bridgehead atoms. The number of aromatic nitrogens is 4. The number of Topliss-reactive ketones (excluding diaryl/α,β-unsaturated/α-hetero) is 1. The molecular formula is C22H26N6O4. The first kappa shape index (κ1) is 22.7. The van der Waals surface area contributed by atoms with Crippen molar-refractivity contribution < 1.29 is 19.1 Å². The number of carbonyl (C=O) groups is 3. The molecule has 0 radical (unpaired) electrons. The molecule has 0 aliphatic carbocycles. The second-order valence-corrected chi connectivity index (χ2v) is 8.34. The van der Waals surface area contributed by atoms with Crippen molar-refractivity contribution in [1.82, 2.24) is 19.1 Å². The Hall–Kier alpha value is -3.95. The van der Waals surface area contributed by atoms with Crippen molar-refractivity contribution in [3.05, 3.63) is 48.3 Å². The minimum absolute atomic E-state index is 0.113. The number of carbonyl (C=O) groups excluding carboxylic acids is 3. The van der Waals surface area contributed by atoms with Crippen LogP contribution >= 0.6 is 0 Å². The molecule has 2 heterocycles. The molecule has 2 amide bonds. The zero-order valence-electron chi connectivity index (χ0n) is 18.9. The molecule has 0 saturated heterocycles. The molecule has 0 aliphatic rings. The summed E-state index contributed by atoms with van der Waals surface area (Å²) >= 11 is 0. The summed E-state index contributed by atoms with van der Waals surface area (Å²) in [5.74, 6) is 0.157. The van der Waals surface area contributed by atoms with Crippen LogP contribution in [0.4, 0.5) is 16.3 Å². The largest absolute Gasteiger partial charge is 0.444 e. The van der Waals surface area contributed by atoms with Crippen LogP contribution in [-0.4, -0.2) is 42.5 Å². The Balaban J connectivity index is 1.68. The van der Waals surface area contributed by atoms with Crippen molar-refractivity contribution in [2.75, 3.05) is 10.6 Å². The highest BCUT2D eigenvalue weighted by Gasteiger charge is 2.19. The van der Waals surface area contributed by atoms with Crippen LogP contribution in [0.3, 0.4) is 0 Å². The number of hydrogen-bond donors (Lipinski definition) is 2. The molecule has 0 aliphatic heterocycles. The molecule has 0 saturated carbocycles. The molecule has 3 rings (SSSR count). The molecule has 0 spiro atoms. The first-order chi connectivity index (χ1) is 14.9. The molecule has 2 aromatic heterocycles. The van der Waals surface area contributed by atoms with Crippen LogP contribution in [-0.2, 0) is 18.8 Å². The first-order valence-corrected chi connectivity index (χ1v) is 9.92. The average Bonchev–Trinajstić information content (AvgIpc) is 3.23. The second-order valence-electron chi connectivity index (χ2n) is 8.34. The van der Waals surface area contributed by atoms with Crippen molar-refractivity contribution in [3.8, 4) is 11.3 Å². The van der Waals surface area contributed by atoms with Gasteiger partial charge in [-0.2, -0.15) is 0 Å². The van der Waals surface area contributed by atoms with E-state index in [1.807, 2.05) is 0 Å². The monoisotopic (exact) mass is 438 g/mol. The van der Waals surface area contributed by atoms with Crippen LogP contribution < -0.4 is 10.6 Å². The van der Waals surface area contributed by atoms with E-state index in [1.165, 1.54) is 17.7 Å². The Labute approximate surface area is 185 Å². The molecule has 32 heavy (non-hydrogen) atoms. The lowest BCUT2D eigenvalue weighted by Crippen LogP contribution is -2.27. The van der Waals surface area contributed by atoms with Gasteiger partial charge < -0.3 is 19.2 Å². The summed E-state index contributed by atoms with van der Waals surface area (Å²) in [5.41, 5.74) is 1.39. The number of rotatable bonds is 5. The zero-order chi connectivity index (χ0) is 23.6. The Morgan fingerprint density at radius 2 is 1.53 bits per heavy atom. The molecule has 168 valence electrons. The van der Waals surface area contributed by atoms with Crippen LogP contribution in [0.2, 0.25) is 0 Å². The molecule has 10 heteroatoms. The first-order valence-electron chi connectivity index (χ1n) is 9.92. The van der Waals surface area contributed by atoms with Crippen molar-refractivity contribution in [3.63, 3.8) is 0 Å². The fourth-order valence-corrected chi connectivity index (χ4v) is 2.99. The summed E-state index contributed by atoms with van der Waals surface area (Å²) in [4.78, 5) is 44.7. The number of nitrogens with zero attached hydrogens (tertiary/aromatic N) is 4. The molecule has 0 atom stereocenters. The van der Waals surface area contributed by atoms with Gasteiger partial charge in [0.1, 0.15) is 5.60 Å². The van der Waals surface area contributed by atoms with E-state index in [4.69, 9.17) is 4.74 Å². The lowest BCUT2D eigenvalue weighted by atomic mass is 10.1. The topological polar surface area (TPSA) is 120 Å². The standard InChI is InChI=1S/C22H26N6O4/c1-13(29)18-24-16(11-27(18)5)14-7-9-15(10-8-14)23-20(30)19-25-17(12-28(19)6)26-21(31)32-22(2,3)4/h7-12H,1-6H3,(H,23,30)(H,26,31). The smallest absolute Gasteiger partial charge is 0.413 e. The predicted molar refractivity (Wildman–Crippen MR) is 120 cm³/mol. The van der Waals surface area contributed by atoms with Gasteiger partial charge in [-0.05, 0) is 32.9 Å². The Morgan fingerprint density at radius 3 is 2.09 bits per heavy atom. The number of benzene rings is 1. The van der Waals surface area contributed by atoms with Gasteiger partial charge in [0.2, 0.25) is 5.82 Å². The normalized spacial score (nSPS) is 11.2. The van der Waals surface area contributed by atoms with Gasteiger partial charge in [-0.25, -0.2) is 14.8 Å². The molecule has 1 aromatic carbocycles. The van der Waals surface area contributed by atoms with E-state index in [0.717, 1.165) is 5.56 Å². The van der Waals surface area contributed by atoms with E-state index in [1.54, 1.807) is 69.9 Å². The summed E-state index contributed by atoms with van der Waals surface area (Å²) in [6.45, 7) is 6.73. The third-order valence-electron chi connectivity index (χ3n) is 4.34. The predicted octanol–water partition coefficient (Wildman–Crippen LogP) is 3.62. The number of nitrogens with one attached hydrogen (secondary N) is 2. The van der Waals surface area contributed by atoms with Gasteiger partial charge in [-0.1, -0.05) is 12.1 Å². The van der Waals surface area contributed by atoms with Crippen LogP contribution in [0, 0.1) is 0 Å². The van der Waals surface area contributed by atoms with Crippen molar-refractivity contribution in [1.29, 1.82) is 0 Å². The number of anilines is 2. The van der Waals surface area contributed by atoms with Gasteiger partial charge in [0, 0.05) is 44.7 Å². The fourth-order valence-electron chi connectivity index (χ4n) is 2.99. The van der Waals surface area contributed by atoms with Gasteiger partial charge in [0.25, 0.3) is 5.91 Å². The number of ether oxygens (including phenoxy) is 1. The zero-order valence-corrected chi connectivity index (χ0v) is 18.9. The number of ketones is 1. The van der Waals surface area contributed by atoms with E-state index in [9.17, 15) is 14.4 Å².